The number of hydrogen-bond acceptors (Lipinski definition) is 4. The summed E-state index contributed by atoms with van der Waals surface area (Å²) in [6.07, 6.45) is 1.92. The van der Waals surface area contributed by atoms with Crippen molar-refractivity contribution >= 4 is 28.3 Å². The average molecular weight is 362 g/mol. The maximum absolute atomic E-state index is 12.2. The van der Waals surface area contributed by atoms with Gasteiger partial charge in [0.25, 0.3) is 0 Å². The van der Waals surface area contributed by atoms with Crippen molar-refractivity contribution < 1.29 is 13.2 Å². The van der Waals surface area contributed by atoms with E-state index < -0.39 is 16.1 Å². The molecule has 130 valence electrons. The molecule has 0 bridgehead atoms. The van der Waals surface area contributed by atoms with Crippen LogP contribution in [0.25, 0.3) is 0 Å². The molecule has 0 aliphatic carbocycles. The van der Waals surface area contributed by atoms with Crippen molar-refractivity contribution in [3.8, 4) is 0 Å². The molecule has 0 spiro atoms. The molecule has 1 amide bonds. The third-order valence-corrected chi connectivity index (χ3v) is 5.26. The van der Waals surface area contributed by atoms with Crippen molar-refractivity contribution in [2.45, 2.75) is 43.7 Å². The second-order valence-corrected chi connectivity index (χ2v) is 7.42. The molecule has 1 fully saturated rings. The third kappa shape index (κ3) is 5.76. The Balaban J connectivity index is 0.00000264. The molecular weight excluding hydrogens is 338 g/mol. The highest BCUT2D eigenvalue weighted by Gasteiger charge is 2.24. The van der Waals surface area contributed by atoms with Gasteiger partial charge in [0.05, 0.1) is 10.9 Å². The molecule has 1 aliphatic rings. The molecule has 23 heavy (non-hydrogen) atoms. The van der Waals surface area contributed by atoms with Gasteiger partial charge in [0, 0.05) is 12.6 Å². The number of aryl methyl sites for hydroxylation is 1. The van der Waals surface area contributed by atoms with Crippen LogP contribution in [0.3, 0.4) is 0 Å². The highest BCUT2D eigenvalue weighted by atomic mass is 35.5. The van der Waals surface area contributed by atoms with Crippen molar-refractivity contribution in [2.75, 3.05) is 13.1 Å². The molecule has 1 saturated heterocycles. The lowest BCUT2D eigenvalue weighted by molar-refractivity contribution is -0.123. The number of nitrogens with one attached hydrogen (secondary N) is 3. The first kappa shape index (κ1) is 19.9. The van der Waals surface area contributed by atoms with Gasteiger partial charge >= 0.3 is 0 Å². The van der Waals surface area contributed by atoms with Crippen LogP contribution in [0.2, 0.25) is 0 Å². The van der Waals surface area contributed by atoms with Crippen molar-refractivity contribution in [3.63, 3.8) is 0 Å². The van der Waals surface area contributed by atoms with Gasteiger partial charge in [-0.1, -0.05) is 17.7 Å². The SMILES string of the molecule is Cc1ccc(S(=O)(=O)NC(C)C(=O)N[C@H]2CCCNC2)cc1.Cl. The molecule has 1 unspecified atom stereocenters. The summed E-state index contributed by atoms with van der Waals surface area (Å²) in [4.78, 5) is 12.3. The van der Waals surface area contributed by atoms with E-state index in [1.165, 1.54) is 12.1 Å². The third-order valence-electron chi connectivity index (χ3n) is 3.70. The normalized spacial score (nSPS) is 19.5. The van der Waals surface area contributed by atoms with E-state index in [0.29, 0.717) is 0 Å². The van der Waals surface area contributed by atoms with Crippen LogP contribution in [-0.2, 0) is 14.8 Å². The summed E-state index contributed by atoms with van der Waals surface area (Å²) in [5.74, 6) is -0.301. The largest absolute Gasteiger partial charge is 0.351 e. The minimum Gasteiger partial charge on any atom is -0.351 e. The first-order chi connectivity index (χ1) is 10.4. The molecule has 1 heterocycles. The topological polar surface area (TPSA) is 87.3 Å². The van der Waals surface area contributed by atoms with E-state index in [1.54, 1.807) is 19.1 Å². The van der Waals surface area contributed by atoms with Gasteiger partial charge in [0.2, 0.25) is 15.9 Å². The van der Waals surface area contributed by atoms with Crippen LogP contribution in [0.1, 0.15) is 25.3 Å². The minimum atomic E-state index is -3.69. The zero-order chi connectivity index (χ0) is 16.2. The standard InChI is InChI=1S/C15H23N3O3S.ClH/c1-11-5-7-14(8-6-11)22(20,21)18-12(2)15(19)17-13-4-3-9-16-10-13;/h5-8,12-13,16,18H,3-4,9-10H2,1-2H3,(H,17,19);1H/t12?,13-;/m0./s1. The van der Waals surface area contributed by atoms with E-state index in [2.05, 4.69) is 15.4 Å². The summed E-state index contributed by atoms with van der Waals surface area (Å²) in [7, 11) is -3.69. The highest BCUT2D eigenvalue weighted by molar-refractivity contribution is 7.89. The predicted octanol–water partition coefficient (Wildman–Crippen LogP) is 0.952. The van der Waals surface area contributed by atoms with Crippen LogP contribution >= 0.6 is 12.4 Å². The second kappa shape index (κ2) is 8.63. The fraction of sp³-hybridized carbons (Fsp3) is 0.533. The van der Waals surface area contributed by atoms with Crippen LogP contribution in [0.4, 0.5) is 0 Å². The lowest BCUT2D eigenvalue weighted by atomic mass is 10.1. The van der Waals surface area contributed by atoms with Crippen LogP contribution in [0.5, 0.6) is 0 Å². The Hall–Kier alpha value is -1.15. The maximum atomic E-state index is 12.2. The monoisotopic (exact) mass is 361 g/mol. The van der Waals surface area contributed by atoms with E-state index in [4.69, 9.17) is 0 Å². The number of carbonyl (C=O) groups excluding carboxylic acids is 1. The molecular formula is C15H24ClN3O3S. The molecule has 2 atom stereocenters. The Morgan fingerprint density at radius 2 is 1.96 bits per heavy atom. The first-order valence-corrected chi connectivity index (χ1v) is 8.97. The molecule has 8 heteroatoms. The van der Waals surface area contributed by atoms with Crippen LogP contribution in [-0.4, -0.2) is 39.5 Å². The molecule has 0 aromatic heterocycles. The van der Waals surface area contributed by atoms with Gasteiger partial charge in [0.15, 0.2) is 0 Å². The molecule has 3 N–H and O–H groups in total. The fourth-order valence-corrected chi connectivity index (χ4v) is 3.58. The Morgan fingerprint density at radius 1 is 1.30 bits per heavy atom. The fourth-order valence-electron chi connectivity index (χ4n) is 2.37. The Bertz CT molecular complexity index is 613. The van der Waals surface area contributed by atoms with Crippen molar-refractivity contribution in [3.05, 3.63) is 29.8 Å². The summed E-state index contributed by atoms with van der Waals surface area (Å²) in [5.41, 5.74) is 0.981. The summed E-state index contributed by atoms with van der Waals surface area (Å²) in [6, 6.07) is 5.78. The smallest absolute Gasteiger partial charge is 0.241 e. The lowest BCUT2D eigenvalue weighted by Gasteiger charge is -2.25. The number of rotatable bonds is 5. The maximum Gasteiger partial charge on any atom is 0.241 e. The van der Waals surface area contributed by atoms with Crippen molar-refractivity contribution in [1.29, 1.82) is 0 Å². The number of sulfonamides is 1. The second-order valence-electron chi connectivity index (χ2n) is 5.71. The molecule has 1 aromatic carbocycles. The summed E-state index contributed by atoms with van der Waals surface area (Å²) >= 11 is 0. The van der Waals surface area contributed by atoms with E-state index >= 15 is 0 Å². The van der Waals surface area contributed by atoms with Gasteiger partial charge in [-0.05, 0) is 45.4 Å². The van der Waals surface area contributed by atoms with Crippen LogP contribution in [0.15, 0.2) is 29.2 Å². The average Bonchev–Trinajstić information content (AvgIpc) is 2.48. The summed E-state index contributed by atoms with van der Waals surface area (Å²) in [5, 5.41) is 6.08. The minimum absolute atomic E-state index is 0. The zero-order valence-corrected chi connectivity index (χ0v) is 15.0. The lowest BCUT2D eigenvalue weighted by Crippen LogP contribution is -2.52. The quantitative estimate of drug-likeness (QED) is 0.728. The summed E-state index contributed by atoms with van der Waals surface area (Å²) < 4.78 is 26.9. The Kier molecular flexibility index (Phi) is 7.47. The Labute approximate surface area is 143 Å². The Morgan fingerprint density at radius 3 is 2.52 bits per heavy atom. The highest BCUT2D eigenvalue weighted by Crippen LogP contribution is 2.10. The van der Waals surface area contributed by atoms with Gasteiger partial charge in [-0.3, -0.25) is 4.79 Å². The van der Waals surface area contributed by atoms with Gasteiger partial charge in [-0.25, -0.2) is 8.42 Å². The van der Waals surface area contributed by atoms with E-state index in [-0.39, 0.29) is 29.3 Å². The van der Waals surface area contributed by atoms with Crippen molar-refractivity contribution in [1.82, 2.24) is 15.4 Å². The van der Waals surface area contributed by atoms with E-state index in [0.717, 1.165) is 31.5 Å². The van der Waals surface area contributed by atoms with Crippen LogP contribution < -0.4 is 15.4 Å². The van der Waals surface area contributed by atoms with Gasteiger partial charge < -0.3 is 10.6 Å². The molecule has 1 aliphatic heterocycles. The number of carbonyl (C=O) groups is 1. The number of piperidine rings is 1. The van der Waals surface area contributed by atoms with Gasteiger partial charge in [-0.15, -0.1) is 12.4 Å². The van der Waals surface area contributed by atoms with E-state index in [9.17, 15) is 13.2 Å². The molecule has 6 nitrogen and oxygen atoms in total. The number of halogens is 1. The zero-order valence-electron chi connectivity index (χ0n) is 13.3. The van der Waals surface area contributed by atoms with Crippen LogP contribution in [0, 0.1) is 6.92 Å². The number of benzene rings is 1. The summed E-state index contributed by atoms with van der Waals surface area (Å²) in [6.45, 7) is 5.13. The number of hydrogen-bond donors (Lipinski definition) is 3. The predicted molar refractivity (Wildman–Crippen MR) is 92.2 cm³/mol. The molecule has 0 radical (unpaired) electrons. The molecule has 0 saturated carbocycles. The van der Waals surface area contributed by atoms with Gasteiger partial charge in [0.1, 0.15) is 0 Å². The molecule has 2 rings (SSSR count). The van der Waals surface area contributed by atoms with Crippen molar-refractivity contribution in [2.24, 2.45) is 0 Å². The molecule has 1 aromatic rings. The number of amides is 1. The first-order valence-electron chi connectivity index (χ1n) is 7.48. The van der Waals surface area contributed by atoms with E-state index in [1.807, 2.05) is 6.92 Å². The van der Waals surface area contributed by atoms with Gasteiger partial charge in [-0.2, -0.15) is 4.72 Å².